The fourth-order valence-electron chi connectivity index (χ4n) is 8.33. The summed E-state index contributed by atoms with van der Waals surface area (Å²) in [5.41, 5.74) is 0. The summed E-state index contributed by atoms with van der Waals surface area (Å²) in [5, 5.41) is 31.8. The van der Waals surface area contributed by atoms with E-state index in [9.17, 15) is 57.5 Å². The first-order valence-electron chi connectivity index (χ1n) is 40.6. The Bertz CT molecular complexity index is 2550. The highest BCUT2D eigenvalue weighted by Crippen LogP contribution is 1.92. The number of rotatable bonds is 96. The lowest BCUT2D eigenvalue weighted by Gasteiger charge is -2.10. The van der Waals surface area contributed by atoms with Gasteiger partial charge >= 0.3 is 0 Å². The van der Waals surface area contributed by atoms with Gasteiger partial charge in [0, 0.05) is 92.8 Å². The molecule has 0 saturated carbocycles. The van der Waals surface area contributed by atoms with Gasteiger partial charge in [0.25, 0.3) is 0 Å². The maximum absolute atomic E-state index is 12.0. The van der Waals surface area contributed by atoms with Crippen LogP contribution < -0.4 is 63.8 Å². The first-order chi connectivity index (χ1) is 60.1. The van der Waals surface area contributed by atoms with E-state index >= 15 is 0 Å². The van der Waals surface area contributed by atoms with Gasteiger partial charge < -0.3 is 182 Å². The van der Waals surface area contributed by atoms with Crippen LogP contribution in [-0.2, 0) is 176 Å². The molecule has 0 aromatic heterocycles. The van der Waals surface area contributed by atoms with Crippen LogP contribution in [0.25, 0.3) is 0 Å². The van der Waals surface area contributed by atoms with Crippen LogP contribution in [0.15, 0.2) is 0 Å². The lowest BCUT2D eigenvalue weighted by molar-refractivity contribution is -0.128. The van der Waals surface area contributed by atoms with E-state index in [4.69, 9.17) is 118 Å². The van der Waals surface area contributed by atoms with Gasteiger partial charge in [0.1, 0.15) is 79.3 Å². The molecule has 716 valence electrons. The van der Waals surface area contributed by atoms with Crippen molar-refractivity contribution in [3.8, 4) is 0 Å². The average molecular weight is 1790 g/mol. The number of carbonyl (C=O) groups is 12. The number of amides is 12. The van der Waals surface area contributed by atoms with Crippen molar-refractivity contribution in [1.82, 2.24) is 63.8 Å². The summed E-state index contributed by atoms with van der Waals surface area (Å²) in [6.07, 6.45) is 0. The van der Waals surface area contributed by atoms with Crippen LogP contribution in [0.2, 0.25) is 0 Å². The highest BCUT2D eigenvalue weighted by Gasteiger charge is 2.12. The monoisotopic (exact) mass is 1790 g/mol. The van der Waals surface area contributed by atoms with Gasteiger partial charge in [0.2, 0.25) is 70.9 Å². The average Bonchev–Trinajstić information content (AvgIpc) is 1.05. The van der Waals surface area contributed by atoms with E-state index in [1.54, 1.807) is 14.2 Å². The molecule has 0 aromatic carbocycles. The van der Waals surface area contributed by atoms with Crippen LogP contribution >= 0.6 is 0 Å². The number of ether oxygens (including phenoxy) is 25. The normalized spacial score (nSPS) is 11.1. The molecule has 0 bridgehead atoms. The van der Waals surface area contributed by atoms with Gasteiger partial charge in [-0.25, -0.2) is 0 Å². The minimum Gasteiger partial charge on any atom is -0.383 e. The Morgan fingerprint density at radius 1 is 0.122 bits per heavy atom. The summed E-state index contributed by atoms with van der Waals surface area (Å²) in [7, 11) is 3.09. The number of nitrogens with one attached hydrogen (secondary N) is 12. The molecule has 12 amide bonds. The molecule has 49 nitrogen and oxygen atoms in total. The van der Waals surface area contributed by atoms with Crippen LogP contribution in [0.4, 0.5) is 0 Å². The van der Waals surface area contributed by atoms with Crippen LogP contribution in [0.1, 0.15) is 0 Å². The molecule has 12 N–H and O–H groups in total. The first kappa shape index (κ1) is 116. The molecular formula is C74H138N12O37. The topological polar surface area (TPSA) is 580 Å². The standard InChI is InChI=1S/C74H138N12O37/c1-99-15-3-75-63(87)52-113-40-29-102-17-5-77-65(89)54-115-42-31-104-19-7-79-67(91)56-117-44-33-106-21-9-81-69(93)58-119-46-35-108-23-11-83-71(95)60-121-48-37-110-25-13-85-73(97)62-123-50-39-111-26-14-86-74(98)61-122-49-38-109-24-12-84-72(96)59-120-47-36-107-22-10-82-70(94)57-118-45-34-105-20-8-80-68(92)55-116-43-32-103-18-6-78-66(90)53-114-41-30-101-16-4-76-64(88)51-112-28-27-100-2/h3-62H2,1-2H3,(H,75,87)(H,76,88)(H,77,89)(H,78,90)(H,79,91)(H,80,92)(H,81,93)(H,82,94)(H,83,95)(H,84,96)(H,85,97)(H,86,98). The van der Waals surface area contributed by atoms with Gasteiger partial charge in [-0.2, -0.15) is 0 Å². The SMILES string of the molecule is COCCNC(=O)COCCOCCNC(=O)COCCOCCNC(=O)COCCOCCNC(=O)COCCOCCNC(=O)COCCOCCNC(=O)COCCOCCNC(=O)COCCOCCNC(=O)COCCOCCNC(=O)COCCOCCNC(=O)COCCOCCNC(=O)COCCOCCNC(=O)COCCOC. The van der Waals surface area contributed by atoms with Crippen molar-refractivity contribution in [1.29, 1.82) is 0 Å². The fraction of sp³-hybridized carbons (Fsp3) is 0.838. The second-order valence-corrected chi connectivity index (χ2v) is 24.6. The zero-order valence-electron chi connectivity index (χ0n) is 71.5. The van der Waals surface area contributed by atoms with Crippen molar-refractivity contribution in [2.45, 2.75) is 0 Å². The Hall–Kier alpha value is -7.36. The third-order valence-corrected chi connectivity index (χ3v) is 14.2. The Morgan fingerprint density at radius 2 is 0.211 bits per heavy atom. The second-order valence-electron chi connectivity index (χ2n) is 24.6. The van der Waals surface area contributed by atoms with E-state index in [1.165, 1.54) is 0 Å². The zero-order valence-corrected chi connectivity index (χ0v) is 71.5. The summed E-state index contributed by atoms with van der Waals surface area (Å²) >= 11 is 0. The molecule has 0 heterocycles. The van der Waals surface area contributed by atoms with E-state index < -0.39 is 0 Å². The molecule has 0 rings (SSSR count). The van der Waals surface area contributed by atoms with Crippen LogP contribution in [-0.4, -0.2) is 481 Å². The molecular weight excluding hydrogens is 1650 g/mol. The third-order valence-electron chi connectivity index (χ3n) is 14.2. The number of hydrogen-bond donors (Lipinski definition) is 12. The molecule has 123 heavy (non-hydrogen) atoms. The van der Waals surface area contributed by atoms with Crippen LogP contribution in [0.5, 0.6) is 0 Å². The molecule has 0 spiro atoms. The van der Waals surface area contributed by atoms with Gasteiger partial charge in [0.05, 0.1) is 238 Å². The van der Waals surface area contributed by atoms with Crippen molar-refractivity contribution in [2.24, 2.45) is 0 Å². The quantitative estimate of drug-likeness (QED) is 0.0252. The summed E-state index contributed by atoms with van der Waals surface area (Å²) in [6, 6.07) is 0. The predicted molar refractivity (Wildman–Crippen MR) is 429 cm³/mol. The highest BCUT2D eigenvalue weighted by atomic mass is 16.6. The highest BCUT2D eigenvalue weighted by molar-refractivity contribution is 5.81. The molecule has 0 atom stereocenters. The summed E-state index contributed by atoms with van der Waals surface area (Å²) in [4.78, 5) is 143. The van der Waals surface area contributed by atoms with Crippen LogP contribution in [0.3, 0.4) is 0 Å². The maximum Gasteiger partial charge on any atom is 0.246 e. The Balaban J connectivity index is 3.44. The Morgan fingerprint density at radius 3 is 0.317 bits per heavy atom. The van der Waals surface area contributed by atoms with Crippen molar-refractivity contribution in [3.05, 3.63) is 0 Å². The van der Waals surface area contributed by atoms with Gasteiger partial charge in [-0.15, -0.1) is 0 Å². The lowest BCUT2D eigenvalue weighted by atomic mass is 10.5. The predicted octanol–water partition coefficient (Wildman–Crippen LogP) is -9.94. The van der Waals surface area contributed by atoms with E-state index in [-0.39, 0.29) is 427 Å². The number of methoxy groups -OCH3 is 2. The molecule has 0 radical (unpaired) electrons. The molecule has 0 aromatic rings. The summed E-state index contributed by atoms with van der Waals surface area (Å²) in [5.74, 6) is -3.83. The Kier molecular flexibility index (Phi) is 88.2. The zero-order chi connectivity index (χ0) is 89.5. The van der Waals surface area contributed by atoms with E-state index in [2.05, 4.69) is 63.8 Å². The van der Waals surface area contributed by atoms with Gasteiger partial charge in [0.15, 0.2) is 0 Å². The van der Waals surface area contributed by atoms with Gasteiger partial charge in [-0.1, -0.05) is 0 Å². The van der Waals surface area contributed by atoms with E-state index in [1.807, 2.05) is 0 Å². The molecule has 0 aliphatic heterocycles. The molecule has 0 aliphatic carbocycles. The smallest absolute Gasteiger partial charge is 0.246 e. The molecule has 0 unspecified atom stereocenters. The molecule has 0 saturated heterocycles. The van der Waals surface area contributed by atoms with Gasteiger partial charge in [-0.05, 0) is 0 Å². The maximum atomic E-state index is 12.0. The first-order valence-corrected chi connectivity index (χ1v) is 40.6. The van der Waals surface area contributed by atoms with E-state index in [0.717, 1.165) is 0 Å². The van der Waals surface area contributed by atoms with Gasteiger partial charge in [-0.3, -0.25) is 57.5 Å². The van der Waals surface area contributed by atoms with Crippen molar-refractivity contribution in [2.75, 3.05) is 410 Å². The number of carbonyl (C=O) groups excluding carboxylic acids is 12. The summed E-state index contributed by atoms with van der Waals surface area (Å²) < 4.78 is 132. The third kappa shape index (κ3) is 93.6. The molecule has 0 aliphatic rings. The largest absolute Gasteiger partial charge is 0.383 e. The minimum atomic E-state index is -0.346. The molecule has 0 fully saturated rings. The van der Waals surface area contributed by atoms with Crippen molar-refractivity contribution >= 4 is 70.9 Å². The summed E-state index contributed by atoms with van der Waals surface area (Å²) in [6.45, 7) is 9.45. The second kappa shape index (κ2) is 93.8. The Labute approximate surface area is 718 Å². The fourth-order valence-corrected chi connectivity index (χ4v) is 8.33. The molecule has 49 heteroatoms. The number of hydrogen-bond acceptors (Lipinski definition) is 37. The van der Waals surface area contributed by atoms with Crippen LogP contribution in [0, 0.1) is 0 Å². The lowest BCUT2D eigenvalue weighted by Crippen LogP contribution is -2.33. The van der Waals surface area contributed by atoms with Crippen molar-refractivity contribution < 1.29 is 176 Å². The van der Waals surface area contributed by atoms with Crippen molar-refractivity contribution in [3.63, 3.8) is 0 Å². The van der Waals surface area contributed by atoms with E-state index in [0.29, 0.717) is 39.5 Å². The minimum absolute atomic E-state index is 0.0534.